The standard InChI is InChI=1S/C21H27N5O2S/c1-6-10-25-20(28)19-18(15(5)24-26(19)7-2)23-21(25)29-12-17(27)22-16-9-8-13(3)11-14(16)4/h8-9,11H,6-7,10,12H2,1-5H3,(H,22,27). The molecule has 0 aliphatic heterocycles. The zero-order valence-electron chi connectivity index (χ0n) is 17.6. The van der Waals surface area contributed by atoms with Gasteiger partial charge in [0.15, 0.2) is 10.7 Å². The molecule has 0 atom stereocenters. The van der Waals surface area contributed by atoms with Crippen LogP contribution in [0.1, 0.15) is 37.1 Å². The number of aromatic nitrogens is 4. The summed E-state index contributed by atoms with van der Waals surface area (Å²) >= 11 is 1.28. The van der Waals surface area contributed by atoms with Gasteiger partial charge in [0.1, 0.15) is 5.52 Å². The second-order valence-electron chi connectivity index (χ2n) is 7.10. The summed E-state index contributed by atoms with van der Waals surface area (Å²) < 4.78 is 3.36. The molecule has 0 saturated carbocycles. The Hall–Kier alpha value is -2.61. The van der Waals surface area contributed by atoms with Crippen molar-refractivity contribution >= 4 is 34.4 Å². The highest BCUT2D eigenvalue weighted by molar-refractivity contribution is 7.99. The molecular formula is C21H27N5O2S. The maximum Gasteiger partial charge on any atom is 0.280 e. The monoisotopic (exact) mass is 413 g/mol. The number of hydrogen-bond acceptors (Lipinski definition) is 5. The molecule has 0 unspecified atom stereocenters. The number of nitrogens with zero attached hydrogens (tertiary/aromatic N) is 4. The van der Waals surface area contributed by atoms with Gasteiger partial charge < -0.3 is 5.32 Å². The van der Waals surface area contributed by atoms with E-state index < -0.39 is 0 Å². The summed E-state index contributed by atoms with van der Waals surface area (Å²) in [4.78, 5) is 30.3. The fraction of sp³-hybridized carbons (Fsp3) is 0.429. The van der Waals surface area contributed by atoms with Crippen LogP contribution in [0.5, 0.6) is 0 Å². The third-order valence-electron chi connectivity index (χ3n) is 4.72. The van der Waals surface area contributed by atoms with Crippen molar-refractivity contribution in [2.45, 2.75) is 59.3 Å². The van der Waals surface area contributed by atoms with Gasteiger partial charge in [-0.3, -0.25) is 18.8 Å². The van der Waals surface area contributed by atoms with Crippen LogP contribution in [0, 0.1) is 20.8 Å². The lowest BCUT2D eigenvalue weighted by Gasteiger charge is -2.12. The molecule has 0 radical (unpaired) electrons. The Morgan fingerprint density at radius 2 is 1.97 bits per heavy atom. The number of benzene rings is 1. The minimum Gasteiger partial charge on any atom is -0.325 e. The van der Waals surface area contributed by atoms with E-state index in [0.29, 0.717) is 29.3 Å². The van der Waals surface area contributed by atoms with Crippen molar-refractivity contribution in [1.29, 1.82) is 0 Å². The van der Waals surface area contributed by atoms with E-state index in [2.05, 4.69) is 10.4 Å². The van der Waals surface area contributed by atoms with Crippen LogP contribution in [-0.4, -0.2) is 31.0 Å². The number of rotatable bonds is 7. The first-order valence-electron chi connectivity index (χ1n) is 9.83. The lowest BCUT2D eigenvalue weighted by Crippen LogP contribution is -2.25. The maximum atomic E-state index is 13.1. The molecule has 0 spiro atoms. The summed E-state index contributed by atoms with van der Waals surface area (Å²) in [6, 6.07) is 5.91. The Kier molecular flexibility index (Phi) is 6.42. The van der Waals surface area contributed by atoms with Crippen molar-refractivity contribution in [3.63, 3.8) is 0 Å². The molecule has 29 heavy (non-hydrogen) atoms. The van der Waals surface area contributed by atoms with Crippen LogP contribution in [-0.2, 0) is 17.9 Å². The number of amides is 1. The van der Waals surface area contributed by atoms with Crippen LogP contribution >= 0.6 is 11.8 Å². The molecule has 0 fully saturated rings. The van der Waals surface area contributed by atoms with E-state index in [1.165, 1.54) is 11.8 Å². The number of hydrogen-bond donors (Lipinski definition) is 1. The molecule has 1 N–H and O–H groups in total. The highest BCUT2D eigenvalue weighted by Gasteiger charge is 2.18. The summed E-state index contributed by atoms with van der Waals surface area (Å²) in [6.07, 6.45) is 0.800. The third-order valence-corrected chi connectivity index (χ3v) is 5.69. The molecule has 154 valence electrons. The third kappa shape index (κ3) is 4.37. The molecule has 3 rings (SSSR count). The summed E-state index contributed by atoms with van der Waals surface area (Å²) in [5, 5.41) is 7.93. The van der Waals surface area contributed by atoms with Crippen LogP contribution in [0.15, 0.2) is 28.2 Å². The number of anilines is 1. The number of nitrogens with one attached hydrogen (secondary N) is 1. The number of fused-ring (bicyclic) bond motifs is 1. The second kappa shape index (κ2) is 8.82. The quantitative estimate of drug-likeness (QED) is 0.472. The fourth-order valence-electron chi connectivity index (χ4n) is 3.32. The highest BCUT2D eigenvalue weighted by Crippen LogP contribution is 2.21. The van der Waals surface area contributed by atoms with E-state index in [9.17, 15) is 9.59 Å². The van der Waals surface area contributed by atoms with Gasteiger partial charge in [-0.15, -0.1) is 0 Å². The fourth-order valence-corrected chi connectivity index (χ4v) is 4.14. The van der Waals surface area contributed by atoms with Gasteiger partial charge in [-0.2, -0.15) is 5.10 Å². The first-order chi connectivity index (χ1) is 13.8. The van der Waals surface area contributed by atoms with Gasteiger partial charge in [-0.1, -0.05) is 36.4 Å². The topological polar surface area (TPSA) is 81.8 Å². The molecule has 7 nitrogen and oxygen atoms in total. The first kappa shape index (κ1) is 21.1. The van der Waals surface area contributed by atoms with E-state index in [1.54, 1.807) is 9.25 Å². The Morgan fingerprint density at radius 3 is 2.62 bits per heavy atom. The van der Waals surface area contributed by atoms with Gasteiger partial charge in [0.2, 0.25) is 5.91 Å². The van der Waals surface area contributed by atoms with Gasteiger partial charge in [-0.05, 0) is 45.7 Å². The molecule has 0 saturated heterocycles. The zero-order chi connectivity index (χ0) is 21.1. The Labute approximate surface area is 174 Å². The van der Waals surface area contributed by atoms with Crippen molar-refractivity contribution in [2.24, 2.45) is 0 Å². The van der Waals surface area contributed by atoms with Crippen molar-refractivity contribution in [1.82, 2.24) is 19.3 Å². The second-order valence-corrected chi connectivity index (χ2v) is 8.05. The van der Waals surface area contributed by atoms with E-state index in [1.807, 2.05) is 52.8 Å². The largest absolute Gasteiger partial charge is 0.325 e. The number of carbonyl (C=O) groups excluding carboxylic acids is 1. The molecule has 8 heteroatoms. The molecule has 0 aliphatic carbocycles. The van der Waals surface area contributed by atoms with Crippen LogP contribution in [0.25, 0.3) is 11.0 Å². The summed E-state index contributed by atoms with van der Waals surface area (Å²) in [5.41, 5.74) is 4.74. The molecule has 2 aromatic heterocycles. The van der Waals surface area contributed by atoms with E-state index in [-0.39, 0.29) is 17.2 Å². The van der Waals surface area contributed by atoms with Crippen LogP contribution in [0.3, 0.4) is 0 Å². The minimum absolute atomic E-state index is 0.100. The molecular weight excluding hydrogens is 386 g/mol. The number of aryl methyl sites for hydroxylation is 4. The highest BCUT2D eigenvalue weighted by atomic mass is 32.2. The van der Waals surface area contributed by atoms with Crippen LogP contribution in [0.4, 0.5) is 5.69 Å². The van der Waals surface area contributed by atoms with Crippen molar-refractivity contribution < 1.29 is 4.79 Å². The van der Waals surface area contributed by atoms with Crippen LogP contribution in [0.2, 0.25) is 0 Å². The van der Waals surface area contributed by atoms with Gasteiger partial charge >= 0.3 is 0 Å². The van der Waals surface area contributed by atoms with Gasteiger partial charge in [0.25, 0.3) is 5.56 Å². The molecule has 1 aromatic carbocycles. The first-order valence-corrected chi connectivity index (χ1v) is 10.8. The summed E-state index contributed by atoms with van der Waals surface area (Å²) in [7, 11) is 0. The number of thioether (sulfide) groups is 1. The lowest BCUT2D eigenvalue weighted by molar-refractivity contribution is -0.113. The SMILES string of the molecule is CCCn1c(SCC(=O)Nc2ccc(C)cc2C)nc2c(C)nn(CC)c2c1=O. The van der Waals surface area contributed by atoms with Gasteiger partial charge in [0.05, 0.1) is 11.4 Å². The lowest BCUT2D eigenvalue weighted by atomic mass is 10.1. The molecule has 0 aliphatic rings. The van der Waals surface area contributed by atoms with Crippen LogP contribution < -0.4 is 10.9 Å². The predicted molar refractivity (Wildman–Crippen MR) is 118 cm³/mol. The van der Waals surface area contributed by atoms with E-state index in [4.69, 9.17) is 4.98 Å². The number of carbonyl (C=O) groups is 1. The molecule has 0 bridgehead atoms. The average molecular weight is 414 g/mol. The molecule has 2 heterocycles. The average Bonchev–Trinajstić information content (AvgIpc) is 3.01. The van der Waals surface area contributed by atoms with E-state index in [0.717, 1.165) is 28.9 Å². The summed E-state index contributed by atoms with van der Waals surface area (Å²) in [5.74, 6) is 0.0518. The smallest absolute Gasteiger partial charge is 0.280 e. The van der Waals surface area contributed by atoms with Gasteiger partial charge in [-0.25, -0.2) is 4.98 Å². The van der Waals surface area contributed by atoms with Gasteiger partial charge in [0, 0.05) is 18.8 Å². The Morgan fingerprint density at radius 1 is 1.21 bits per heavy atom. The zero-order valence-corrected chi connectivity index (χ0v) is 18.4. The van der Waals surface area contributed by atoms with E-state index >= 15 is 0 Å². The van der Waals surface area contributed by atoms with Crippen molar-refractivity contribution in [3.8, 4) is 0 Å². The Balaban J connectivity index is 1.87. The minimum atomic E-state index is -0.125. The molecule has 3 aromatic rings. The molecule has 1 amide bonds. The predicted octanol–water partition coefficient (Wildman–Crippen LogP) is 3.68. The maximum absolute atomic E-state index is 13.1. The Bertz CT molecular complexity index is 1120. The normalized spacial score (nSPS) is 11.2. The van der Waals surface area contributed by atoms with Crippen molar-refractivity contribution in [2.75, 3.05) is 11.1 Å². The van der Waals surface area contributed by atoms with Crippen molar-refractivity contribution in [3.05, 3.63) is 45.4 Å². The summed E-state index contributed by atoms with van der Waals surface area (Å²) in [6.45, 7) is 11.0.